The molecule has 0 aromatic heterocycles. The van der Waals surface area contributed by atoms with Crippen LogP contribution < -0.4 is 10.7 Å². The number of anilines is 1. The van der Waals surface area contributed by atoms with Gasteiger partial charge in [0.1, 0.15) is 6.10 Å². The minimum absolute atomic E-state index is 0.0416. The molecule has 1 saturated carbocycles. The molecule has 27 heavy (non-hydrogen) atoms. The highest BCUT2D eigenvalue weighted by molar-refractivity contribution is 6.39. The van der Waals surface area contributed by atoms with E-state index in [0.29, 0.717) is 12.1 Å². The monoisotopic (exact) mass is 389 g/mol. The summed E-state index contributed by atoms with van der Waals surface area (Å²) in [4.78, 5) is 36.2. The predicted octanol–water partition coefficient (Wildman–Crippen LogP) is 2.29. The number of hydrogen-bond acceptors (Lipinski definition) is 5. The predicted molar refractivity (Wildman–Crippen MR) is 101 cm³/mol. The van der Waals surface area contributed by atoms with Crippen molar-refractivity contribution in [2.45, 2.75) is 37.7 Å². The van der Waals surface area contributed by atoms with Crippen molar-refractivity contribution in [1.82, 2.24) is 5.43 Å². The summed E-state index contributed by atoms with van der Waals surface area (Å²) in [6.07, 6.45) is 4.50. The van der Waals surface area contributed by atoms with Gasteiger partial charge in [0.2, 0.25) is 0 Å². The number of amides is 2. The molecule has 142 valence electrons. The van der Waals surface area contributed by atoms with Gasteiger partial charge in [0, 0.05) is 11.1 Å². The highest BCUT2D eigenvalue weighted by atomic mass is 35.5. The number of fused-ring (bicyclic) bond motifs is 1. The Morgan fingerprint density at radius 3 is 2.89 bits per heavy atom. The number of carbonyl (C=O) groups is 3. The minimum atomic E-state index is -0.936. The molecular weight excluding hydrogens is 370 g/mol. The average molecular weight is 390 g/mol. The lowest BCUT2D eigenvalue weighted by Crippen LogP contribution is -2.40. The molecule has 1 fully saturated rings. The third-order valence-corrected chi connectivity index (χ3v) is 4.96. The van der Waals surface area contributed by atoms with Gasteiger partial charge >= 0.3 is 11.8 Å². The van der Waals surface area contributed by atoms with E-state index < -0.39 is 11.8 Å². The molecule has 0 spiro atoms. The normalized spacial score (nSPS) is 24.6. The summed E-state index contributed by atoms with van der Waals surface area (Å²) in [5, 5.41) is 6.13. The summed E-state index contributed by atoms with van der Waals surface area (Å²) in [5.41, 5.74) is 3.81. The average Bonchev–Trinajstić information content (AvgIpc) is 2.64. The molecule has 1 aliphatic carbocycles. The maximum atomic E-state index is 12.5. The lowest BCUT2D eigenvalue weighted by atomic mass is 9.80. The number of halogens is 1. The largest absolute Gasteiger partial charge is 0.496 e. The molecule has 0 saturated heterocycles. The lowest BCUT2D eigenvalue weighted by Gasteiger charge is -2.35. The first-order chi connectivity index (χ1) is 12.9. The number of aryl methyl sites for hydroxylation is 1. The van der Waals surface area contributed by atoms with E-state index in [1.165, 1.54) is 12.5 Å². The fraction of sp³-hybridized carbons (Fsp3) is 0.368. The van der Waals surface area contributed by atoms with Crippen LogP contribution in [0.1, 0.15) is 24.8 Å². The van der Waals surface area contributed by atoms with E-state index in [4.69, 9.17) is 16.3 Å². The molecule has 1 heterocycles. The number of ether oxygens (including phenoxy) is 1. The number of nitrogens with one attached hydrogen (secondary N) is 2. The number of carbonyl (C=O) groups excluding carboxylic acids is 3. The number of nitrogens with zero attached hydrogens (tertiary/aromatic N) is 1. The van der Waals surface area contributed by atoms with Crippen molar-refractivity contribution in [3.05, 3.63) is 41.7 Å². The molecule has 2 aliphatic rings. The molecule has 1 aromatic rings. The number of ketones is 1. The summed E-state index contributed by atoms with van der Waals surface area (Å²) in [7, 11) is 0. The molecule has 3 rings (SSSR count). The van der Waals surface area contributed by atoms with Crippen molar-refractivity contribution < 1.29 is 19.1 Å². The third-order valence-electron chi connectivity index (χ3n) is 4.57. The van der Waals surface area contributed by atoms with Crippen LogP contribution >= 0.6 is 11.6 Å². The van der Waals surface area contributed by atoms with Crippen molar-refractivity contribution in [3.8, 4) is 0 Å². The first-order valence-corrected chi connectivity index (χ1v) is 9.12. The second-order valence-electron chi connectivity index (χ2n) is 6.65. The van der Waals surface area contributed by atoms with Gasteiger partial charge in [0.05, 0.1) is 24.0 Å². The summed E-state index contributed by atoms with van der Waals surface area (Å²) in [5.74, 6) is -2.20. The first-order valence-electron chi connectivity index (χ1n) is 8.69. The molecule has 2 amide bonds. The Balaban J connectivity index is 1.55. The van der Waals surface area contributed by atoms with Crippen molar-refractivity contribution in [3.63, 3.8) is 0 Å². The molecule has 1 aliphatic heterocycles. The Labute approximate surface area is 161 Å². The Morgan fingerprint density at radius 1 is 1.30 bits per heavy atom. The molecular formula is C19H20ClN3O4. The van der Waals surface area contributed by atoms with E-state index in [9.17, 15) is 14.4 Å². The van der Waals surface area contributed by atoms with Crippen LogP contribution in [0.25, 0.3) is 0 Å². The topological polar surface area (TPSA) is 96.9 Å². The molecule has 2 N–H and O–H groups in total. The van der Waals surface area contributed by atoms with Crippen LogP contribution in [0.15, 0.2) is 41.2 Å². The van der Waals surface area contributed by atoms with Crippen molar-refractivity contribution in [2.75, 3.05) is 5.32 Å². The quantitative estimate of drug-likeness (QED) is 0.359. The van der Waals surface area contributed by atoms with Crippen LogP contribution in [-0.4, -0.2) is 35.3 Å². The van der Waals surface area contributed by atoms with Crippen LogP contribution in [0, 0.1) is 12.8 Å². The number of benzene rings is 1. The number of Topliss-reactive ketones (excluding diaryl/α,β-unsaturated/α-hetero) is 1. The van der Waals surface area contributed by atoms with Gasteiger partial charge in [-0.05, 0) is 43.9 Å². The smallest absolute Gasteiger partial charge is 0.329 e. The molecule has 0 bridgehead atoms. The van der Waals surface area contributed by atoms with Crippen LogP contribution in [-0.2, 0) is 19.1 Å². The standard InChI is InChI=1S/C19H20ClN3O4/c1-11-3-2-4-14(7-11)22-18(25)19(26)23-21-9-12-10-27-16-6-5-13(20)8-15(16)17(12)24/h2-4,7,9-10,13,15-16H,5-6,8H2,1H3,(H,22,25)(H,23,26)/b21-9+. The van der Waals surface area contributed by atoms with E-state index >= 15 is 0 Å². The number of allylic oxidation sites excluding steroid dienone is 1. The van der Waals surface area contributed by atoms with Gasteiger partial charge in [0.25, 0.3) is 0 Å². The third kappa shape index (κ3) is 4.74. The molecule has 7 nitrogen and oxygen atoms in total. The SMILES string of the molecule is Cc1cccc(NC(=O)C(=O)N/N=C/C2=COC3CCC(Cl)CC3C2=O)c1. The van der Waals surface area contributed by atoms with Gasteiger partial charge in [-0.2, -0.15) is 5.10 Å². The Kier molecular flexibility index (Phi) is 5.91. The van der Waals surface area contributed by atoms with Crippen molar-refractivity contribution in [2.24, 2.45) is 11.0 Å². The maximum absolute atomic E-state index is 12.5. The van der Waals surface area contributed by atoms with Gasteiger partial charge in [-0.25, -0.2) is 5.43 Å². The van der Waals surface area contributed by atoms with Gasteiger partial charge < -0.3 is 10.1 Å². The highest BCUT2D eigenvalue weighted by Gasteiger charge is 2.39. The van der Waals surface area contributed by atoms with Crippen LogP contribution in [0.3, 0.4) is 0 Å². The second-order valence-corrected chi connectivity index (χ2v) is 7.27. The molecule has 1 aromatic carbocycles. The fourth-order valence-corrected chi connectivity index (χ4v) is 3.50. The maximum Gasteiger partial charge on any atom is 0.329 e. The number of hydrazone groups is 1. The fourth-order valence-electron chi connectivity index (χ4n) is 3.18. The van der Waals surface area contributed by atoms with Gasteiger partial charge in [0.15, 0.2) is 5.78 Å². The van der Waals surface area contributed by atoms with Crippen LogP contribution in [0.2, 0.25) is 0 Å². The Bertz CT molecular complexity index is 821. The molecule has 0 radical (unpaired) electrons. The van der Waals surface area contributed by atoms with Crippen molar-refractivity contribution >= 4 is 41.1 Å². The van der Waals surface area contributed by atoms with Gasteiger partial charge in [-0.3, -0.25) is 14.4 Å². The van der Waals surface area contributed by atoms with Crippen LogP contribution in [0.4, 0.5) is 5.69 Å². The van der Waals surface area contributed by atoms with E-state index in [0.717, 1.165) is 18.4 Å². The van der Waals surface area contributed by atoms with Gasteiger partial charge in [-0.15, -0.1) is 11.6 Å². The number of rotatable bonds is 3. The number of alkyl halides is 1. The first kappa shape index (κ1) is 19.1. The second kappa shape index (κ2) is 8.35. The summed E-state index contributed by atoms with van der Waals surface area (Å²) >= 11 is 6.14. The molecule has 8 heteroatoms. The molecule has 3 unspecified atom stereocenters. The zero-order valence-electron chi connectivity index (χ0n) is 14.8. The Morgan fingerprint density at radius 2 is 2.11 bits per heavy atom. The van der Waals surface area contributed by atoms with Crippen LogP contribution in [0.5, 0.6) is 0 Å². The summed E-state index contributed by atoms with van der Waals surface area (Å²) < 4.78 is 5.58. The minimum Gasteiger partial charge on any atom is -0.496 e. The zero-order valence-corrected chi connectivity index (χ0v) is 15.5. The summed E-state index contributed by atoms with van der Waals surface area (Å²) in [6.45, 7) is 1.88. The van der Waals surface area contributed by atoms with E-state index in [1.54, 1.807) is 18.2 Å². The lowest BCUT2D eigenvalue weighted by molar-refractivity contribution is -0.136. The number of hydrogen-bond donors (Lipinski definition) is 2. The molecule has 3 atom stereocenters. The highest BCUT2D eigenvalue weighted by Crippen LogP contribution is 2.34. The summed E-state index contributed by atoms with van der Waals surface area (Å²) in [6, 6.07) is 7.06. The van der Waals surface area contributed by atoms with Crippen molar-refractivity contribution in [1.29, 1.82) is 0 Å². The van der Waals surface area contributed by atoms with E-state index in [1.807, 2.05) is 13.0 Å². The Hall–Kier alpha value is -2.67. The van der Waals surface area contributed by atoms with E-state index in [-0.39, 0.29) is 28.8 Å². The zero-order chi connectivity index (χ0) is 19.4. The van der Waals surface area contributed by atoms with E-state index in [2.05, 4.69) is 15.8 Å². The van der Waals surface area contributed by atoms with Gasteiger partial charge in [-0.1, -0.05) is 12.1 Å².